The molecule has 1 N–H and O–H groups in total. The van der Waals surface area contributed by atoms with Crippen molar-refractivity contribution in [3.05, 3.63) is 0 Å². The van der Waals surface area contributed by atoms with Crippen LogP contribution in [-0.2, 0) is 9.84 Å². The van der Waals surface area contributed by atoms with E-state index in [1.807, 2.05) is 0 Å². The van der Waals surface area contributed by atoms with Crippen LogP contribution in [0.25, 0.3) is 0 Å². The molecule has 0 aliphatic carbocycles. The molecule has 16 heavy (non-hydrogen) atoms. The number of hydrogen-bond acceptors (Lipinski definition) is 4. The lowest BCUT2D eigenvalue weighted by Gasteiger charge is -2.24. The van der Waals surface area contributed by atoms with Gasteiger partial charge in [-0.1, -0.05) is 13.8 Å². The summed E-state index contributed by atoms with van der Waals surface area (Å²) < 4.78 is 22.5. The van der Waals surface area contributed by atoms with Gasteiger partial charge in [-0.15, -0.1) is 0 Å². The second kappa shape index (κ2) is 7.25. The van der Waals surface area contributed by atoms with Crippen molar-refractivity contribution in [1.82, 2.24) is 10.2 Å². The third-order valence-corrected chi connectivity index (χ3v) is 4.54. The van der Waals surface area contributed by atoms with Gasteiger partial charge in [-0.05, 0) is 26.9 Å². The first kappa shape index (κ1) is 15.9. The predicted octanol–water partition coefficient (Wildman–Crippen LogP) is 0.739. The Morgan fingerprint density at radius 2 is 1.69 bits per heavy atom. The molecule has 98 valence electrons. The van der Waals surface area contributed by atoms with Crippen LogP contribution < -0.4 is 5.32 Å². The van der Waals surface area contributed by atoms with E-state index in [2.05, 4.69) is 31.0 Å². The molecule has 2 unspecified atom stereocenters. The highest BCUT2D eigenvalue weighted by atomic mass is 32.2. The number of likely N-dealkylation sites (N-methyl/N-ethyl adjacent to an activating group) is 1. The molecule has 2 atom stereocenters. The van der Waals surface area contributed by atoms with Crippen molar-refractivity contribution in [3.63, 3.8) is 0 Å². The van der Waals surface area contributed by atoms with E-state index in [1.165, 1.54) is 6.26 Å². The van der Waals surface area contributed by atoms with Crippen LogP contribution in [0.4, 0.5) is 0 Å². The molecule has 4 nitrogen and oxygen atoms in total. The van der Waals surface area contributed by atoms with Crippen LogP contribution in [0.15, 0.2) is 0 Å². The van der Waals surface area contributed by atoms with Crippen LogP contribution in [0.5, 0.6) is 0 Å². The lowest BCUT2D eigenvalue weighted by molar-refractivity contribution is 0.271. The highest BCUT2D eigenvalue weighted by Crippen LogP contribution is 1.97. The van der Waals surface area contributed by atoms with E-state index >= 15 is 0 Å². The van der Waals surface area contributed by atoms with Gasteiger partial charge < -0.3 is 10.2 Å². The van der Waals surface area contributed by atoms with Crippen LogP contribution in [0.1, 0.15) is 27.7 Å². The van der Waals surface area contributed by atoms with Gasteiger partial charge in [-0.25, -0.2) is 8.42 Å². The maximum Gasteiger partial charge on any atom is 0.151 e. The quantitative estimate of drug-likeness (QED) is 0.690. The Balaban J connectivity index is 3.94. The Bertz CT molecular complexity index is 274. The predicted molar refractivity (Wildman–Crippen MR) is 69.6 cm³/mol. The van der Waals surface area contributed by atoms with Gasteiger partial charge in [0, 0.05) is 25.4 Å². The average molecular weight is 250 g/mol. The summed E-state index contributed by atoms with van der Waals surface area (Å²) in [5, 5.41) is 2.95. The largest absolute Gasteiger partial charge is 0.312 e. The minimum atomic E-state index is -2.91. The molecule has 0 saturated heterocycles. The van der Waals surface area contributed by atoms with E-state index in [9.17, 15) is 8.42 Å². The molecule has 0 fully saturated rings. The van der Waals surface area contributed by atoms with Crippen LogP contribution in [-0.4, -0.2) is 57.0 Å². The van der Waals surface area contributed by atoms with Crippen LogP contribution in [0.2, 0.25) is 0 Å². The fourth-order valence-corrected chi connectivity index (χ4v) is 1.85. The monoisotopic (exact) mass is 250 g/mol. The highest BCUT2D eigenvalue weighted by Gasteiger charge is 2.15. The van der Waals surface area contributed by atoms with Crippen LogP contribution in [0.3, 0.4) is 0 Å². The summed E-state index contributed by atoms with van der Waals surface area (Å²) in [4.78, 5) is 2.32. The van der Waals surface area contributed by atoms with Gasteiger partial charge in [-0.2, -0.15) is 0 Å². The summed E-state index contributed by atoms with van der Waals surface area (Å²) in [6.45, 7) is 11.7. The molecule has 0 aromatic rings. The van der Waals surface area contributed by atoms with Crippen molar-refractivity contribution in [1.29, 1.82) is 0 Å². The summed E-state index contributed by atoms with van der Waals surface area (Å²) in [6.07, 6.45) is 1.29. The number of rotatable bonds is 8. The molecule has 0 heterocycles. The van der Waals surface area contributed by atoms with Gasteiger partial charge in [0.2, 0.25) is 0 Å². The Labute approximate surface area is 100 Å². The zero-order valence-corrected chi connectivity index (χ0v) is 12.0. The van der Waals surface area contributed by atoms with E-state index in [4.69, 9.17) is 0 Å². The minimum Gasteiger partial charge on any atom is -0.312 e. The molecule has 0 amide bonds. The van der Waals surface area contributed by atoms with Gasteiger partial charge in [0.15, 0.2) is 9.84 Å². The van der Waals surface area contributed by atoms with E-state index in [-0.39, 0.29) is 5.25 Å². The first-order valence-corrected chi connectivity index (χ1v) is 7.91. The SMILES string of the molecule is CCN(CC)CC(C)NCC(C)S(C)(=O)=O. The standard InChI is InChI=1S/C11H26N2O2S/c1-6-13(7-2)9-10(3)12-8-11(4)16(5,14)15/h10-12H,6-9H2,1-5H3. The van der Waals surface area contributed by atoms with Crippen molar-refractivity contribution in [2.75, 3.05) is 32.4 Å². The van der Waals surface area contributed by atoms with Crippen molar-refractivity contribution in [2.45, 2.75) is 39.0 Å². The smallest absolute Gasteiger partial charge is 0.151 e. The number of nitrogens with zero attached hydrogens (tertiary/aromatic N) is 1. The molecule has 5 heteroatoms. The Morgan fingerprint density at radius 1 is 1.19 bits per heavy atom. The third kappa shape index (κ3) is 6.45. The van der Waals surface area contributed by atoms with Gasteiger partial charge in [0.1, 0.15) is 0 Å². The molecule has 0 aromatic carbocycles. The molecule has 0 spiro atoms. The highest BCUT2D eigenvalue weighted by molar-refractivity contribution is 7.91. The molecule has 0 aliphatic rings. The second-order valence-corrected chi connectivity index (χ2v) is 6.90. The van der Waals surface area contributed by atoms with Gasteiger partial charge >= 0.3 is 0 Å². The molecule has 0 aliphatic heterocycles. The van der Waals surface area contributed by atoms with E-state index < -0.39 is 9.84 Å². The van der Waals surface area contributed by atoms with Crippen LogP contribution in [0, 0.1) is 0 Å². The van der Waals surface area contributed by atoms with Gasteiger partial charge in [0.25, 0.3) is 0 Å². The van der Waals surface area contributed by atoms with Crippen molar-refractivity contribution in [2.24, 2.45) is 0 Å². The molecular weight excluding hydrogens is 224 g/mol. The fraction of sp³-hybridized carbons (Fsp3) is 1.00. The van der Waals surface area contributed by atoms with Gasteiger partial charge in [0.05, 0.1) is 5.25 Å². The normalized spacial score (nSPS) is 16.4. The topological polar surface area (TPSA) is 49.4 Å². The second-order valence-electron chi connectivity index (χ2n) is 4.44. The Hall–Kier alpha value is -0.130. The number of hydrogen-bond donors (Lipinski definition) is 1. The lowest BCUT2D eigenvalue weighted by atomic mass is 10.3. The summed E-state index contributed by atoms with van der Waals surface area (Å²) >= 11 is 0. The molecule has 0 saturated carbocycles. The van der Waals surface area contributed by atoms with Crippen molar-refractivity contribution >= 4 is 9.84 Å². The van der Waals surface area contributed by atoms with E-state index in [1.54, 1.807) is 6.92 Å². The van der Waals surface area contributed by atoms with Crippen molar-refractivity contribution in [3.8, 4) is 0 Å². The van der Waals surface area contributed by atoms with Crippen molar-refractivity contribution < 1.29 is 8.42 Å². The third-order valence-electron chi connectivity index (χ3n) is 2.91. The molecule has 0 aromatic heterocycles. The molecule has 0 rings (SSSR count). The number of sulfone groups is 1. The first-order chi connectivity index (χ1) is 7.31. The maximum atomic E-state index is 11.2. The Morgan fingerprint density at radius 3 is 2.06 bits per heavy atom. The maximum absolute atomic E-state index is 11.2. The van der Waals surface area contributed by atoms with E-state index in [0.717, 1.165) is 19.6 Å². The summed E-state index contributed by atoms with van der Waals surface area (Å²) in [5.74, 6) is 0. The minimum absolute atomic E-state index is 0.313. The van der Waals surface area contributed by atoms with Gasteiger partial charge in [-0.3, -0.25) is 0 Å². The first-order valence-electron chi connectivity index (χ1n) is 5.95. The molecule has 0 radical (unpaired) electrons. The molecular formula is C11H26N2O2S. The Kier molecular flexibility index (Phi) is 7.19. The summed E-state index contributed by atoms with van der Waals surface area (Å²) in [5.41, 5.74) is 0. The lowest BCUT2D eigenvalue weighted by Crippen LogP contribution is -2.42. The molecule has 0 bridgehead atoms. The zero-order valence-electron chi connectivity index (χ0n) is 11.2. The average Bonchev–Trinajstić information content (AvgIpc) is 2.20. The zero-order chi connectivity index (χ0) is 12.8. The van der Waals surface area contributed by atoms with E-state index in [0.29, 0.717) is 12.6 Å². The summed E-state index contributed by atoms with van der Waals surface area (Å²) in [6, 6.07) is 0.323. The fourth-order valence-electron chi connectivity index (χ4n) is 1.45. The summed E-state index contributed by atoms with van der Waals surface area (Å²) in [7, 11) is -2.91. The van der Waals surface area contributed by atoms with Crippen LogP contribution >= 0.6 is 0 Å². The number of nitrogens with one attached hydrogen (secondary N) is 1.